The van der Waals surface area contributed by atoms with E-state index in [2.05, 4.69) is 26.1 Å². The molecule has 3 N–H and O–H groups in total. The largest absolute Gasteiger partial charge is 0.389 e. The van der Waals surface area contributed by atoms with Crippen molar-refractivity contribution in [1.82, 2.24) is 0 Å². The lowest BCUT2D eigenvalue weighted by Crippen LogP contribution is -2.18. The van der Waals surface area contributed by atoms with Gasteiger partial charge in [0.15, 0.2) is 0 Å². The van der Waals surface area contributed by atoms with E-state index in [9.17, 15) is 0 Å². The van der Waals surface area contributed by atoms with Crippen LogP contribution in [0.4, 0.5) is 5.69 Å². The number of hydrogen-bond donors (Lipinski definition) is 2. The second kappa shape index (κ2) is 6.95. The molecular formula is C14H21ClN2S. The van der Waals surface area contributed by atoms with Gasteiger partial charge in [-0.1, -0.05) is 44.1 Å². The summed E-state index contributed by atoms with van der Waals surface area (Å²) in [7, 11) is 0. The van der Waals surface area contributed by atoms with Gasteiger partial charge in [-0.25, -0.2) is 0 Å². The summed E-state index contributed by atoms with van der Waals surface area (Å²) in [5.74, 6) is 0.710. The molecule has 0 aromatic heterocycles. The van der Waals surface area contributed by atoms with E-state index in [1.54, 1.807) is 0 Å². The summed E-state index contributed by atoms with van der Waals surface area (Å²) in [6, 6.07) is 6.03. The third kappa shape index (κ3) is 4.46. The topological polar surface area (TPSA) is 38.0 Å². The second-order valence-corrected chi connectivity index (χ2v) is 5.70. The third-order valence-corrected chi connectivity index (χ3v) is 3.66. The summed E-state index contributed by atoms with van der Waals surface area (Å²) in [5.41, 5.74) is 7.31. The zero-order chi connectivity index (χ0) is 13.7. The van der Waals surface area contributed by atoms with Gasteiger partial charge in [0.05, 0.1) is 10.7 Å². The van der Waals surface area contributed by atoms with E-state index < -0.39 is 0 Å². The van der Waals surface area contributed by atoms with Crippen LogP contribution in [0.2, 0.25) is 5.02 Å². The van der Waals surface area contributed by atoms with E-state index in [0.717, 1.165) is 17.7 Å². The molecule has 0 radical (unpaired) electrons. The Kier molecular flexibility index (Phi) is 5.89. The van der Waals surface area contributed by atoms with E-state index in [0.29, 0.717) is 22.0 Å². The van der Waals surface area contributed by atoms with Crippen LogP contribution in [-0.2, 0) is 0 Å². The maximum atomic E-state index is 6.21. The van der Waals surface area contributed by atoms with Crippen LogP contribution in [0, 0.1) is 5.92 Å². The Morgan fingerprint density at radius 1 is 1.44 bits per heavy atom. The van der Waals surface area contributed by atoms with Gasteiger partial charge in [0, 0.05) is 11.6 Å². The minimum absolute atomic E-state index is 0.371. The van der Waals surface area contributed by atoms with Crippen LogP contribution in [-0.4, -0.2) is 11.0 Å². The van der Waals surface area contributed by atoms with Crippen LogP contribution in [0.5, 0.6) is 0 Å². The minimum Gasteiger partial charge on any atom is -0.389 e. The fourth-order valence-electron chi connectivity index (χ4n) is 1.88. The lowest BCUT2D eigenvalue weighted by Gasteiger charge is -2.19. The van der Waals surface area contributed by atoms with Crippen molar-refractivity contribution in [1.29, 1.82) is 0 Å². The fourth-order valence-corrected chi connectivity index (χ4v) is 2.24. The summed E-state index contributed by atoms with van der Waals surface area (Å²) < 4.78 is 0. The average molecular weight is 285 g/mol. The molecule has 0 amide bonds. The third-order valence-electron chi connectivity index (χ3n) is 3.11. The molecule has 18 heavy (non-hydrogen) atoms. The first-order chi connectivity index (χ1) is 8.43. The van der Waals surface area contributed by atoms with Gasteiger partial charge >= 0.3 is 0 Å². The summed E-state index contributed by atoms with van der Waals surface area (Å²) in [5, 5.41) is 4.09. The van der Waals surface area contributed by atoms with Gasteiger partial charge in [0.25, 0.3) is 0 Å². The highest BCUT2D eigenvalue weighted by atomic mass is 35.5. The molecule has 0 aliphatic heterocycles. The van der Waals surface area contributed by atoms with Crippen molar-refractivity contribution >= 4 is 34.5 Å². The van der Waals surface area contributed by atoms with Gasteiger partial charge in [-0.05, 0) is 37.5 Å². The van der Waals surface area contributed by atoms with Crippen LogP contribution in [0.25, 0.3) is 0 Å². The molecule has 4 heteroatoms. The predicted octanol–water partition coefficient (Wildman–Crippen LogP) is 4.21. The van der Waals surface area contributed by atoms with E-state index >= 15 is 0 Å². The average Bonchev–Trinajstić information content (AvgIpc) is 2.31. The highest BCUT2D eigenvalue weighted by molar-refractivity contribution is 7.80. The van der Waals surface area contributed by atoms with Crippen molar-refractivity contribution in [2.75, 3.05) is 5.32 Å². The fraction of sp³-hybridized carbons (Fsp3) is 0.500. The Hall–Kier alpha value is -0.800. The van der Waals surface area contributed by atoms with Crippen molar-refractivity contribution in [2.45, 2.75) is 39.7 Å². The molecule has 0 aliphatic carbocycles. The Morgan fingerprint density at radius 3 is 2.61 bits per heavy atom. The van der Waals surface area contributed by atoms with Gasteiger partial charge in [-0.3, -0.25) is 0 Å². The number of halogens is 1. The number of nitrogens with one attached hydrogen (secondary N) is 1. The van der Waals surface area contributed by atoms with E-state index in [1.165, 1.54) is 6.42 Å². The molecule has 100 valence electrons. The highest BCUT2D eigenvalue weighted by Crippen LogP contribution is 2.25. The maximum absolute atomic E-state index is 6.21. The first-order valence-corrected chi connectivity index (χ1v) is 7.08. The first kappa shape index (κ1) is 15.3. The van der Waals surface area contributed by atoms with Crippen molar-refractivity contribution in [3.05, 3.63) is 28.8 Å². The zero-order valence-electron chi connectivity index (χ0n) is 11.2. The number of benzene rings is 1. The second-order valence-electron chi connectivity index (χ2n) is 4.85. The van der Waals surface area contributed by atoms with Gasteiger partial charge in [-0.2, -0.15) is 0 Å². The first-order valence-electron chi connectivity index (χ1n) is 6.30. The van der Waals surface area contributed by atoms with E-state index in [-0.39, 0.29) is 0 Å². The van der Waals surface area contributed by atoms with Gasteiger partial charge in [0.2, 0.25) is 0 Å². The molecule has 1 aromatic rings. The Morgan fingerprint density at radius 2 is 2.11 bits per heavy atom. The molecule has 2 atom stereocenters. The van der Waals surface area contributed by atoms with Crippen LogP contribution in [0.15, 0.2) is 18.2 Å². The number of hydrogen-bond acceptors (Lipinski definition) is 2. The molecule has 0 bridgehead atoms. The van der Waals surface area contributed by atoms with Crippen LogP contribution >= 0.6 is 23.8 Å². The molecule has 0 saturated heterocycles. The Labute approximate surface area is 120 Å². The van der Waals surface area contributed by atoms with Crippen molar-refractivity contribution < 1.29 is 0 Å². The Balaban J connectivity index is 2.70. The number of rotatable bonds is 6. The molecule has 0 spiro atoms. The van der Waals surface area contributed by atoms with E-state index in [1.807, 2.05) is 18.2 Å². The minimum atomic E-state index is 0.371. The molecule has 1 aromatic carbocycles. The van der Waals surface area contributed by atoms with Gasteiger partial charge in [0.1, 0.15) is 4.99 Å². The number of anilines is 1. The summed E-state index contributed by atoms with van der Waals surface area (Å²) >= 11 is 11.1. The van der Waals surface area contributed by atoms with E-state index in [4.69, 9.17) is 29.6 Å². The van der Waals surface area contributed by atoms with Crippen LogP contribution in [0.3, 0.4) is 0 Å². The lowest BCUT2D eigenvalue weighted by molar-refractivity contribution is 0.484. The molecule has 0 aliphatic rings. The molecule has 0 heterocycles. The van der Waals surface area contributed by atoms with Crippen molar-refractivity contribution in [3.63, 3.8) is 0 Å². The maximum Gasteiger partial charge on any atom is 0.104 e. The number of thiocarbonyl (C=S) groups is 1. The Bertz CT molecular complexity index is 420. The molecular weight excluding hydrogens is 264 g/mol. The molecule has 2 unspecified atom stereocenters. The van der Waals surface area contributed by atoms with Crippen LogP contribution in [0.1, 0.15) is 39.2 Å². The summed E-state index contributed by atoms with van der Waals surface area (Å²) in [6.07, 6.45) is 2.32. The van der Waals surface area contributed by atoms with Crippen molar-refractivity contribution in [3.8, 4) is 0 Å². The smallest absolute Gasteiger partial charge is 0.104 e. The molecule has 0 fully saturated rings. The standard InChI is InChI=1S/C14H21ClN2S/c1-4-9(2)7-10(3)17-13-6-5-11(14(16)18)8-12(13)15/h5-6,8-10,17H,4,7H2,1-3H3,(H2,16,18). The SMILES string of the molecule is CCC(C)CC(C)Nc1ccc(C(N)=S)cc1Cl. The summed E-state index contributed by atoms with van der Waals surface area (Å²) in [6.45, 7) is 6.64. The normalized spacial score (nSPS) is 14.0. The van der Waals surface area contributed by atoms with Crippen LogP contribution < -0.4 is 11.1 Å². The molecule has 0 saturated carbocycles. The van der Waals surface area contributed by atoms with Gasteiger partial charge < -0.3 is 11.1 Å². The van der Waals surface area contributed by atoms with Gasteiger partial charge in [-0.15, -0.1) is 0 Å². The zero-order valence-corrected chi connectivity index (χ0v) is 12.7. The summed E-state index contributed by atoms with van der Waals surface area (Å²) in [4.78, 5) is 0.371. The number of nitrogens with two attached hydrogens (primary N) is 1. The molecule has 1 rings (SSSR count). The predicted molar refractivity (Wildman–Crippen MR) is 84.5 cm³/mol. The van der Waals surface area contributed by atoms with Crippen molar-refractivity contribution in [2.24, 2.45) is 11.7 Å². The lowest BCUT2D eigenvalue weighted by atomic mass is 10.0. The molecule has 2 nitrogen and oxygen atoms in total. The highest BCUT2D eigenvalue weighted by Gasteiger charge is 2.09. The quantitative estimate of drug-likeness (QED) is 0.769. The monoisotopic (exact) mass is 284 g/mol.